The zero-order valence-corrected chi connectivity index (χ0v) is 12.6. The van der Waals surface area contributed by atoms with Gasteiger partial charge in [0.25, 0.3) is 0 Å². The number of carbonyl (C=O) groups excluding carboxylic acids is 1. The minimum Gasteiger partial charge on any atom is -0.331 e. The van der Waals surface area contributed by atoms with Crippen molar-refractivity contribution >= 4 is 23.8 Å². The highest BCUT2D eigenvalue weighted by atomic mass is 19.1. The first kappa shape index (κ1) is 13.9. The zero-order valence-electron chi connectivity index (χ0n) is 12.6. The highest BCUT2D eigenvalue weighted by Crippen LogP contribution is 2.45. The molecule has 2 N–H and O–H groups in total. The molecule has 23 heavy (non-hydrogen) atoms. The second-order valence-corrected chi connectivity index (χ2v) is 5.74. The molecule has 3 heterocycles. The number of halogens is 1. The first-order valence-corrected chi connectivity index (χ1v) is 7.63. The number of hydrogen-bond donors (Lipinski definition) is 2. The number of benzene rings is 1. The molecule has 1 amide bonds. The average molecular weight is 313 g/mol. The molecule has 2 unspecified atom stereocenters. The van der Waals surface area contributed by atoms with E-state index >= 15 is 0 Å². The fraction of sp³-hybridized carbons (Fsp3) is 0.312. The van der Waals surface area contributed by atoms with Crippen LogP contribution in [0.4, 0.5) is 15.9 Å². The summed E-state index contributed by atoms with van der Waals surface area (Å²) in [7, 11) is 0. The molecule has 4 rings (SSSR count). The van der Waals surface area contributed by atoms with Gasteiger partial charge in [-0.25, -0.2) is 9.07 Å². The number of nitrogens with zero attached hydrogens (tertiary/aromatic N) is 3. The fourth-order valence-corrected chi connectivity index (χ4v) is 3.25. The van der Waals surface area contributed by atoms with E-state index in [2.05, 4.69) is 27.6 Å². The minimum atomic E-state index is -0.544. The summed E-state index contributed by atoms with van der Waals surface area (Å²) in [5.74, 6) is -0.213. The van der Waals surface area contributed by atoms with Gasteiger partial charge in [-0.05, 0) is 30.2 Å². The number of rotatable bonds is 3. The molecular formula is C16H16FN5O. The molecule has 0 bridgehead atoms. The van der Waals surface area contributed by atoms with Gasteiger partial charge < -0.3 is 10.6 Å². The summed E-state index contributed by atoms with van der Waals surface area (Å²) in [6, 6.07) is 3.94. The zero-order chi connectivity index (χ0) is 16.0. The van der Waals surface area contributed by atoms with E-state index in [1.807, 2.05) is 4.68 Å². The van der Waals surface area contributed by atoms with Crippen LogP contribution in [0.3, 0.4) is 0 Å². The summed E-state index contributed by atoms with van der Waals surface area (Å²) >= 11 is 0. The lowest BCUT2D eigenvalue weighted by Crippen LogP contribution is -2.22. The first-order chi connectivity index (χ1) is 11.2. The van der Waals surface area contributed by atoms with Crippen molar-refractivity contribution in [3.05, 3.63) is 41.3 Å². The van der Waals surface area contributed by atoms with Gasteiger partial charge in [0, 0.05) is 17.8 Å². The van der Waals surface area contributed by atoms with Gasteiger partial charge in [0.05, 0.1) is 24.5 Å². The van der Waals surface area contributed by atoms with Crippen LogP contribution < -0.4 is 10.6 Å². The third-order valence-electron chi connectivity index (χ3n) is 4.26. The molecule has 2 aliphatic rings. The Kier molecular flexibility index (Phi) is 3.14. The molecule has 2 aromatic rings. The normalized spacial score (nSPS) is 21.6. The number of anilines is 2. The summed E-state index contributed by atoms with van der Waals surface area (Å²) < 4.78 is 15.5. The van der Waals surface area contributed by atoms with Crippen LogP contribution in [-0.4, -0.2) is 22.0 Å². The van der Waals surface area contributed by atoms with Crippen LogP contribution in [0.1, 0.15) is 36.4 Å². The topological polar surface area (TPSA) is 71.3 Å². The minimum absolute atomic E-state index is 0.163. The van der Waals surface area contributed by atoms with E-state index in [0.29, 0.717) is 11.3 Å². The molecule has 0 spiro atoms. The number of fused-ring (bicyclic) bond motifs is 2. The summed E-state index contributed by atoms with van der Waals surface area (Å²) in [5, 5.41) is 10.3. The van der Waals surface area contributed by atoms with Gasteiger partial charge in [0.15, 0.2) is 0 Å². The summed E-state index contributed by atoms with van der Waals surface area (Å²) in [4.78, 5) is 16.9. The third kappa shape index (κ3) is 2.11. The van der Waals surface area contributed by atoms with Gasteiger partial charge >= 0.3 is 0 Å². The molecule has 0 saturated carbocycles. The van der Waals surface area contributed by atoms with Gasteiger partial charge in [-0.3, -0.25) is 9.79 Å². The summed E-state index contributed by atoms with van der Waals surface area (Å²) in [6.07, 6.45) is 4.28. The molecule has 1 aromatic carbocycles. The van der Waals surface area contributed by atoms with Crippen molar-refractivity contribution in [2.45, 2.75) is 31.8 Å². The number of nitrogens with one attached hydrogen (secondary N) is 2. The standard InChI is InChI=1S/C16H16FN5O/c1-2-5-22-15-11(7-20-22)14(18-8-19-15)13-10-6-9(17)3-4-12(10)21-16(13)23/h3-4,6-8,13-14H,2,5H2,1H3,(H,18,19)(H,21,23). The SMILES string of the molecule is CCCn1ncc2c1NC=NC2C1C(=O)Nc2ccc(F)cc21. The number of aryl methyl sites for hydroxylation is 1. The Morgan fingerprint density at radius 1 is 1.35 bits per heavy atom. The highest BCUT2D eigenvalue weighted by molar-refractivity contribution is 6.04. The van der Waals surface area contributed by atoms with E-state index in [4.69, 9.17) is 0 Å². The number of amides is 1. The van der Waals surface area contributed by atoms with Crippen LogP contribution in [0.2, 0.25) is 0 Å². The van der Waals surface area contributed by atoms with E-state index in [1.54, 1.807) is 18.6 Å². The maximum atomic E-state index is 13.6. The van der Waals surface area contributed by atoms with Crippen molar-refractivity contribution in [1.29, 1.82) is 0 Å². The lowest BCUT2D eigenvalue weighted by Gasteiger charge is -2.22. The van der Waals surface area contributed by atoms with E-state index in [9.17, 15) is 9.18 Å². The second-order valence-electron chi connectivity index (χ2n) is 5.74. The Bertz CT molecular complexity index is 813. The lowest BCUT2D eigenvalue weighted by atomic mass is 9.88. The van der Waals surface area contributed by atoms with Crippen molar-refractivity contribution in [2.24, 2.45) is 4.99 Å². The Labute approximate surface area is 132 Å². The van der Waals surface area contributed by atoms with E-state index < -0.39 is 12.0 Å². The maximum absolute atomic E-state index is 13.6. The van der Waals surface area contributed by atoms with Crippen molar-refractivity contribution in [1.82, 2.24) is 9.78 Å². The molecule has 6 nitrogen and oxygen atoms in total. The average Bonchev–Trinajstić information content (AvgIpc) is 3.08. The Morgan fingerprint density at radius 2 is 2.22 bits per heavy atom. The number of aliphatic imine (C=N–C) groups is 1. The van der Waals surface area contributed by atoms with Crippen molar-refractivity contribution < 1.29 is 9.18 Å². The Hall–Kier alpha value is -2.70. The van der Waals surface area contributed by atoms with E-state index in [1.165, 1.54) is 12.1 Å². The third-order valence-corrected chi connectivity index (χ3v) is 4.26. The molecule has 0 fully saturated rings. The van der Waals surface area contributed by atoms with Crippen LogP contribution in [0, 0.1) is 5.82 Å². The van der Waals surface area contributed by atoms with Crippen molar-refractivity contribution in [3.8, 4) is 0 Å². The Balaban J connectivity index is 1.78. The summed E-state index contributed by atoms with van der Waals surface area (Å²) in [5.41, 5.74) is 2.16. The van der Waals surface area contributed by atoms with Gasteiger partial charge in [-0.2, -0.15) is 5.10 Å². The number of carbonyl (C=O) groups is 1. The summed E-state index contributed by atoms with van der Waals surface area (Å²) in [6.45, 7) is 2.86. The molecule has 0 saturated heterocycles. The lowest BCUT2D eigenvalue weighted by molar-refractivity contribution is -0.117. The van der Waals surface area contributed by atoms with Gasteiger partial charge in [-0.1, -0.05) is 6.92 Å². The van der Waals surface area contributed by atoms with Gasteiger partial charge in [0.2, 0.25) is 5.91 Å². The largest absolute Gasteiger partial charge is 0.331 e. The monoisotopic (exact) mass is 313 g/mol. The first-order valence-electron chi connectivity index (χ1n) is 7.63. The molecule has 1 aromatic heterocycles. The maximum Gasteiger partial charge on any atom is 0.234 e. The Morgan fingerprint density at radius 3 is 3.04 bits per heavy atom. The van der Waals surface area contributed by atoms with Crippen LogP contribution >= 0.6 is 0 Å². The van der Waals surface area contributed by atoms with Gasteiger partial charge in [0.1, 0.15) is 11.6 Å². The van der Waals surface area contributed by atoms with Crippen molar-refractivity contribution in [2.75, 3.05) is 10.6 Å². The molecule has 0 aliphatic carbocycles. The molecule has 7 heteroatoms. The van der Waals surface area contributed by atoms with Crippen LogP contribution in [-0.2, 0) is 11.3 Å². The molecular weight excluding hydrogens is 297 g/mol. The van der Waals surface area contributed by atoms with E-state index in [-0.39, 0.29) is 11.7 Å². The smallest absolute Gasteiger partial charge is 0.234 e. The predicted molar refractivity (Wildman–Crippen MR) is 85.1 cm³/mol. The number of aromatic nitrogens is 2. The quantitative estimate of drug-likeness (QED) is 0.915. The van der Waals surface area contributed by atoms with Crippen molar-refractivity contribution in [3.63, 3.8) is 0 Å². The highest BCUT2D eigenvalue weighted by Gasteiger charge is 2.40. The fourth-order valence-electron chi connectivity index (χ4n) is 3.25. The second kappa shape index (κ2) is 5.19. The predicted octanol–water partition coefficient (Wildman–Crippen LogP) is 2.66. The van der Waals surface area contributed by atoms with Crippen LogP contribution in [0.15, 0.2) is 29.4 Å². The van der Waals surface area contributed by atoms with Crippen LogP contribution in [0.25, 0.3) is 0 Å². The molecule has 118 valence electrons. The van der Waals surface area contributed by atoms with E-state index in [0.717, 1.165) is 24.3 Å². The number of hydrogen-bond acceptors (Lipinski definition) is 4. The van der Waals surface area contributed by atoms with Gasteiger partial charge in [-0.15, -0.1) is 0 Å². The van der Waals surface area contributed by atoms with Crippen LogP contribution in [0.5, 0.6) is 0 Å². The molecule has 0 radical (unpaired) electrons. The molecule has 2 aliphatic heterocycles. The molecule has 2 atom stereocenters.